The van der Waals surface area contributed by atoms with E-state index < -0.39 is 0 Å². The van der Waals surface area contributed by atoms with Crippen LogP contribution >= 0.6 is 0 Å². The summed E-state index contributed by atoms with van der Waals surface area (Å²) in [5.41, 5.74) is 1.92. The monoisotopic (exact) mass is 357 g/mol. The average Bonchev–Trinajstić information content (AvgIpc) is 2.92. The number of hydrogen-bond acceptors (Lipinski definition) is 5. The Balaban J connectivity index is 1.89. The van der Waals surface area contributed by atoms with E-state index in [-0.39, 0.29) is 11.5 Å². The molecule has 1 amide bonds. The molecular weight excluding hydrogens is 334 g/mol. The molecule has 2 N–H and O–H groups in total. The molecule has 0 spiro atoms. The van der Waals surface area contributed by atoms with Gasteiger partial charge in [-0.2, -0.15) is 0 Å². The number of hydrogen-bond donors (Lipinski definition) is 2. The molecule has 0 aliphatic carbocycles. The van der Waals surface area contributed by atoms with Crippen molar-refractivity contribution in [1.82, 2.24) is 15.2 Å². The molecule has 0 unspecified atom stereocenters. The van der Waals surface area contributed by atoms with Gasteiger partial charge in [-0.1, -0.05) is 12.1 Å². The van der Waals surface area contributed by atoms with Gasteiger partial charge >= 0.3 is 0 Å². The van der Waals surface area contributed by atoms with Crippen LogP contribution in [-0.4, -0.2) is 37.8 Å². The summed E-state index contributed by atoms with van der Waals surface area (Å²) in [6, 6.07) is 8.90. The normalized spacial score (nSPS) is 13.5. The van der Waals surface area contributed by atoms with Crippen LogP contribution in [0.2, 0.25) is 0 Å². The van der Waals surface area contributed by atoms with Crippen LogP contribution in [0.25, 0.3) is 0 Å². The smallest absolute Gasteiger partial charge is 0.257 e. The molecule has 1 aliphatic heterocycles. The van der Waals surface area contributed by atoms with Crippen molar-refractivity contribution in [3.63, 3.8) is 0 Å². The van der Waals surface area contributed by atoms with Crippen molar-refractivity contribution >= 4 is 5.91 Å². The van der Waals surface area contributed by atoms with E-state index in [1.807, 2.05) is 24.3 Å². The molecule has 0 fully saturated rings. The predicted molar refractivity (Wildman–Crippen MR) is 98.0 cm³/mol. The summed E-state index contributed by atoms with van der Waals surface area (Å²) in [4.78, 5) is 25.2. The van der Waals surface area contributed by atoms with Crippen LogP contribution in [0, 0.1) is 0 Å². The maximum Gasteiger partial charge on any atom is 0.257 e. The summed E-state index contributed by atoms with van der Waals surface area (Å²) in [6.45, 7) is 2.30. The van der Waals surface area contributed by atoms with Crippen LogP contribution < -0.4 is 25.7 Å². The van der Waals surface area contributed by atoms with E-state index in [0.29, 0.717) is 49.6 Å². The maximum absolute atomic E-state index is 12.9. The van der Waals surface area contributed by atoms with Crippen molar-refractivity contribution in [3.05, 3.63) is 57.5 Å². The molecule has 2 heterocycles. The van der Waals surface area contributed by atoms with Gasteiger partial charge in [-0.15, -0.1) is 0 Å². The zero-order valence-corrected chi connectivity index (χ0v) is 15.0. The second-order valence-corrected chi connectivity index (χ2v) is 6.06. The van der Waals surface area contributed by atoms with Gasteiger partial charge in [0.15, 0.2) is 0 Å². The van der Waals surface area contributed by atoms with E-state index in [9.17, 15) is 9.59 Å². The lowest BCUT2D eigenvalue weighted by Gasteiger charge is -2.17. The molecule has 0 saturated carbocycles. The molecule has 0 bridgehead atoms. The number of carbonyl (C=O) groups excluding carboxylic acids is 1. The molecule has 7 nitrogen and oxygen atoms in total. The Morgan fingerprint density at radius 2 is 2.08 bits per heavy atom. The molecule has 0 atom stereocenters. The lowest BCUT2D eigenvalue weighted by atomic mass is 10.1. The third-order valence-corrected chi connectivity index (χ3v) is 4.47. The number of amides is 1. The van der Waals surface area contributed by atoms with E-state index in [4.69, 9.17) is 9.47 Å². The van der Waals surface area contributed by atoms with Gasteiger partial charge in [0.2, 0.25) is 0 Å². The highest BCUT2D eigenvalue weighted by Gasteiger charge is 2.23. The van der Waals surface area contributed by atoms with E-state index in [1.54, 1.807) is 11.7 Å². The van der Waals surface area contributed by atoms with Crippen LogP contribution in [-0.2, 0) is 19.5 Å². The van der Waals surface area contributed by atoms with Gasteiger partial charge in [-0.05, 0) is 17.7 Å². The lowest BCUT2D eigenvalue weighted by Crippen LogP contribution is -2.31. The summed E-state index contributed by atoms with van der Waals surface area (Å²) < 4.78 is 12.2. The molecule has 1 aliphatic rings. The molecule has 1 aromatic carbocycles. The van der Waals surface area contributed by atoms with Gasteiger partial charge in [0.1, 0.15) is 17.1 Å². The standard InChI is InChI=1S/C19H23N3O4/c1-25-14-5-3-4-13(10-14)12-21-19(24)18-15-6-7-20-8-9-22(15)17(23)11-16(18)26-2/h3-5,10-11,20H,6-9,12H2,1-2H3,(H,21,24). The lowest BCUT2D eigenvalue weighted by molar-refractivity contribution is 0.0945. The number of benzene rings is 1. The fourth-order valence-corrected chi connectivity index (χ4v) is 3.16. The third kappa shape index (κ3) is 3.72. The third-order valence-electron chi connectivity index (χ3n) is 4.47. The fourth-order valence-electron chi connectivity index (χ4n) is 3.16. The first kappa shape index (κ1) is 18.0. The Hall–Kier alpha value is -2.80. The van der Waals surface area contributed by atoms with Crippen LogP contribution in [0.5, 0.6) is 11.5 Å². The topological polar surface area (TPSA) is 81.6 Å². The minimum Gasteiger partial charge on any atom is -0.497 e. The Morgan fingerprint density at radius 1 is 1.23 bits per heavy atom. The summed E-state index contributed by atoms with van der Waals surface area (Å²) in [7, 11) is 3.08. The van der Waals surface area contributed by atoms with Gasteiger partial charge in [0.05, 0.1) is 14.2 Å². The zero-order chi connectivity index (χ0) is 18.5. The first-order chi connectivity index (χ1) is 12.6. The number of ether oxygens (including phenoxy) is 2. The van der Waals surface area contributed by atoms with Crippen molar-refractivity contribution in [2.24, 2.45) is 0 Å². The average molecular weight is 357 g/mol. The highest BCUT2D eigenvalue weighted by atomic mass is 16.5. The van der Waals surface area contributed by atoms with Crippen molar-refractivity contribution in [2.45, 2.75) is 19.5 Å². The Morgan fingerprint density at radius 3 is 2.85 bits per heavy atom. The molecule has 7 heteroatoms. The minimum absolute atomic E-state index is 0.148. The maximum atomic E-state index is 12.9. The van der Waals surface area contributed by atoms with E-state index in [2.05, 4.69) is 10.6 Å². The second-order valence-electron chi connectivity index (χ2n) is 6.06. The summed E-state index contributed by atoms with van der Waals surface area (Å²) in [5.74, 6) is 0.794. The Bertz CT molecular complexity index is 860. The first-order valence-corrected chi connectivity index (χ1v) is 8.56. The molecule has 0 saturated heterocycles. The van der Waals surface area contributed by atoms with Crippen LogP contribution in [0.15, 0.2) is 35.1 Å². The summed E-state index contributed by atoms with van der Waals surface area (Å²) in [6.07, 6.45) is 0.592. The van der Waals surface area contributed by atoms with Crippen LogP contribution in [0.4, 0.5) is 0 Å². The van der Waals surface area contributed by atoms with E-state index >= 15 is 0 Å². The van der Waals surface area contributed by atoms with Crippen molar-refractivity contribution < 1.29 is 14.3 Å². The molecule has 1 aromatic heterocycles. The van der Waals surface area contributed by atoms with Crippen molar-refractivity contribution in [3.8, 4) is 11.5 Å². The summed E-state index contributed by atoms with van der Waals surface area (Å²) >= 11 is 0. The number of carbonyl (C=O) groups is 1. The van der Waals surface area contributed by atoms with Crippen LogP contribution in [0.1, 0.15) is 21.6 Å². The number of rotatable bonds is 5. The number of fused-ring (bicyclic) bond motifs is 1. The SMILES string of the molecule is COc1cccc(CNC(=O)c2c(OC)cc(=O)n3c2CCNCC3)c1. The molecular formula is C19H23N3O4. The second kappa shape index (κ2) is 8.05. The zero-order valence-electron chi connectivity index (χ0n) is 15.0. The van der Waals surface area contributed by atoms with Gasteiger partial charge in [-0.3, -0.25) is 9.59 Å². The molecule has 138 valence electrons. The summed E-state index contributed by atoms with van der Waals surface area (Å²) in [5, 5.41) is 6.17. The molecule has 2 aromatic rings. The van der Waals surface area contributed by atoms with Crippen molar-refractivity contribution in [1.29, 1.82) is 0 Å². The van der Waals surface area contributed by atoms with E-state index in [0.717, 1.165) is 11.3 Å². The van der Waals surface area contributed by atoms with Crippen LogP contribution in [0.3, 0.4) is 0 Å². The number of pyridine rings is 1. The minimum atomic E-state index is -0.254. The first-order valence-electron chi connectivity index (χ1n) is 8.56. The van der Waals surface area contributed by atoms with Gasteiger partial charge in [0, 0.05) is 44.4 Å². The van der Waals surface area contributed by atoms with E-state index in [1.165, 1.54) is 13.2 Å². The number of nitrogens with one attached hydrogen (secondary N) is 2. The number of aromatic nitrogens is 1. The molecule has 0 radical (unpaired) electrons. The quantitative estimate of drug-likeness (QED) is 0.832. The molecule has 3 rings (SSSR count). The van der Waals surface area contributed by atoms with Crippen molar-refractivity contribution in [2.75, 3.05) is 27.3 Å². The predicted octanol–water partition coefficient (Wildman–Crippen LogP) is 0.941. The number of methoxy groups -OCH3 is 2. The van der Waals surface area contributed by atoms with Gasteiger partial charge < -0.3 is 24.7 Å². The largest absolute Gasteiger partial charge is 0.497 e. The molecule has 26 heavy (non-hydrogen) atoms. The van der Waals surface area contributed by atoms with Gasteiger partial charge in [0.25, 0.3) is 11.5 Å². The Labute approximate surface area is 151 Å². The highest BCUT2D eigenvalue weighted by Crippen LogP contribution is 2.22. The van der Waals surface area contributed by atoms with Gasteiger partial charge in [-0.25, -0.2) is 0 Å². The Kier molecular flexibility index (Phi) is 5.58. The number of nitrogens with zero attached hydrogens (tertiary/aromatic N) is 1. The fraction of sp³-hybridized carbons (Fsp3) is 0.368. The highest BCUT2D eigenvalue weighted by molar-refractivity contribution is 5.98.